The predicted octanol–water partition coefficient (Wildman–Crippen LogP) is 4.17. The van der Waals surface area contributed by atoms with Crippen molar-refractivity contribution in [3.05, 3.63) is 58.1 Å². The summed E-state index contributed by atoms with van der Waals surface area (Å²) in [5, 5.41) is 18.5. The van der Waals surface area contributed by atoms with Gasteiger partial charge in [0.2, 0.25) is 0 Å². The molecular formula is C15H12BrNO2. The molecular weight excluding hydrogens is 306 g/mol. The average molecular weight is 318 g/mol. The van der Waals surface area contributed by atoms with Gasteiger partial charge < -0.3 is 9.84 Å². The Balaban J connectivity index is 2.32. The lowest BCUT2D eigenvalue weighted by atomic mass is 10.1. The van der Waals surface area contributed by atoms with Gasteiger partial charge in [0.05, 0.1) is 16.1 Å². The number of aliphatic hydroxyl groups is 1. The van der Waals surface area contributed by atoms with Gasteiger partial charge in [0.15, 0.2) is 0 Å². The molecule has 1 N–H and O–H groups in total. The Bertz CT molecular complexity index is 632. The third-order valence-corrected chi connectivity index (χ3v) is 3.29. The molecule has 0 saturated heterocycles. The van der Waals surface area contributed by atoms with Crippen LogP contribution < -0.4 is 4.74 Å². The van der Waals surface area contributed by atoms with Crippen LogP contribution in [0, 0.1) is 11.3 Å². The summed E-state index contributed by atoms with van der Waals surface area (Å²) in [6.45, 7) is 1.70. The van der Waals surface area contributed by atoms with Gasteiger partial charge in [0.1, 0.15) is 17.6 Å². The third kappa shape index (κ3) is 3.14. The van der Waals surface area contributed by atoms with E-state index in [2.05, 4.69) is 22.0 Å². The van der Waals surface area contributed by atoms with E-state index in [0.717, 1.165) is 10.0 Å². The highest BCUT2D eigenvalue weighted by Crippen LogP contribution is 2.33. The molecule has 0 spiro atoms. The van der Waals surface area contributed by atoms with Crippen LogP contribution in [-0.2, 0) is 0 Å². The maximum atomic E-state index is 9.51. The summed E-state index contributed by atoms with van der Waals surface area (Å²) in [5.74, 6) is 1.11. The van der Waals surface area contributed by atoms with Crippen molar-refractivity contribution in [3.63, 3.8) is 0 Å². The van der Waals surface area contributed by atoms with Crippen LogP contribution in [0.1, 0.15) is 24.2 Å². The minimum atomic E-state index is -0.531. The van der Waals surface area contributed by atoms with Crippen molar-refractivity contribution in [1.82, 2.24) is 0 Å². The maximum absolute atomic E-state index is 9.51. The van der Waals surface area contributed by atoms with Gasteiger partial charge in [0.25, 0.3) is 0 Å². The SMILES string of the molecule is CC(O)c1ccc(Oc2ccccc2C#N)c(Br)c1. The smallest absolute Gasteiger partial charge is 0.145 e. The number of hydrogen-bond donors (Lipinski definition) is 1. The van der Waals surface area contributed by atoms with Gasteiger partial charge >= 0.3 is 0 Å². The second-order valence-electron chi connectivity index (χ2n) is 4.08. The molecule has 1 atom stereocenters. The maximum Gasteiger partial charge on any atom is 0.145 e. The molecule has 0 fully saturated rings. The zero-order valence-corrected chi connectivity index (χ0v) is 11.9. The van der Waals surface area contributed by atoms with Gasteiger partial charge in [-0.2, -0.15) is 5.26 Å². The highest BCUT2D eigenvalue weighted by atomic mass is 79.9. The first kappa shape index (κ1) is 13.6. The van der Waals surface area contributed by atoms with E-state index in [-0.39, 0.29) is 0 Å². The minimum Gasteiger partial charge on any atom is -0.455 e. The molecule has 3 nitrogen and oxygen atoms in total. The fourth-order valence-corrected chi connectivity index (χ4v) is 2.10. The van der Waals surface area contributed by atoms with E-state index in [9.17, 15) is 5.11 Å². The molecule has 0 amide bonds. The summed E-state index contributed by atoms with van der Waals surface area (Å²) in [4.78, 5) is 0. The summed E-state index contributed by atoms with van der Waals surface area (Å²) in [6.07, 6.45) is -0.531. The zero-order valence-electron chi connectivity index (χ0n) is 10.3. The van der Waals surface area contributed by atoms with E-state index >= 15 is 0 Å². The van der Waals surface area contributed by atoms with E-state index < -0.39 is 6.10 Å². The quantitative estimate of drug-likeness (QED) is 0.924. The second kappa shape index (κ2) is 5.87. The molecule has 0 aliphatic rings. The van der Waals surface area contributed by atoms with Crippen LogP contribution in [0.3, 0.4) is 0 Å². The summed E-state index contributed by atoms with van der Waals surface area (Å²) in [7, 11) is 0. The van der Waals surface area contributed by atoms with Gasteiger partial charge in [-0.1, -0.05) is 18.2 Å². The van der Waals surface area contributed by atoms with Gasteiger partial charge in [-0.05, 0) is 52.7 Å². The Labute approximate surface area is 120 Å². The number of para-hydroxylation sites is 1. The normalized spacial score (nSPS) is 11.7. The number of nitrogens with zero attached hydrogens (tertiary/aromatic N) is 1. The number of aliphatic hydroxyl groups excluding tert-OH is 1. The van der Waals surface area contributed by atoms with Gasteiger partial charge in [-0.3, -0.25) is 0 Å². The first-order chi connectivity index (χ1) is 9.11. The van der Waals surface area contributed by atoms with E-state index in [1.54, 1.807) is 43.3 Å². The largest absolute Gasteiger partial charge is 0.455 e. The molecule has 0 heterocycles. The molecule has 4 heteroatoms. The summed E-state index contributed by atoms with van der Waals surface area (Å²) in [6, 6.07) is 14.5. The topological polar surface area (TPSA) is 53.2 Å². The number of benzene rings is 2. The molecule has 96 valence electrons. The van der Waals surface area contributed by atoms with Crippen LogP contribution in [-0.4, -0.2) is 5.11 Å². The van der Waals surface area contributed by atoms with Crippen molar-refractivity contribution in [1.29, 1.82) is 5.26 Å². The number of rotatable bonds is 3. The fourth-order valence-electron chi connectivity index (χ4n) is 1.63. The van der Waals surface area contributed by atoms with Crippen molar-refractivity contribution in [2.45, 2.75) is 13.0 Å². The number of hydrogen-bond acceptors (Lipinski definition) is 3. The highest BCUT2D eigenvalue weighted by molar-refractivity contribution is 9.10. The Morgan fingerprint density at radius 2 is 1.95 bits per heavy atom. The van der Waals surface area contributed by atoms with Crippen LogP contribution in [0.5, 0.6) is 11.5 Å². The molecule has 0 bridgehead atoms. The average Bonchev–Trinajstić information content (AvgIpc) is 2.41. The molecule has 0 aliphatic carbocycles. The van der Waals surface area contributed by atoms with Crippen LogP contribution in [0.25, 0.3) is 0 Å². The molecule has 0 saturated carbocycles. The zero-order chi connectivity index (χ0) is 13.8. The van der Waals surface area contributed by atoms with Crippen LogP contribution >= 0.6 is 15.9 Å². The lowest BCUT2D eigenvalue weighted by Gasteiger charge is -2.11. The number of nitriles is 1. The third-order valence-electron chi connectivity index (χ3n) is 2.67. The molecule has 0 aromatic heterocycles. The van der Waals surface area contributed by atoms with E-state index in [1.807, 2.05) is 6.07 Å². The standard InChI is InChI=1S/C15H12BrNO2/c1-10(18)11-6-7-15(13(16)8-11)19-14-5-3-2-4-12(14)9-17/h2-8,10,18H,1H3. The van der Waals surface area contributed by atoms with Gasteiger partial charge in [0, 0.05) is 0 Å². The summed E-state index contributed by atoms with van der Waals surface area (Å²) >= 11 is 3.40. The molecule has 2 rings (SSSR count). The van der Waals surface area contributed by atoms with Crippen molar-refractivity contribution in [2.24, 2.45) is 0 Å². The lowest BCUT2D eigenvalue weighted by Crippen LogP contribution is -1.93. The Kier molecular flexibility index (Phi) is 4.20. The van der Waals surface area contributed by atoms with Crippen LogP contribution in [0.4, 0.5) is 0 Å². The van der Waals surface area contributed by atoms with Gasteiger partial charge in [-0.15, -0.1) is 0 Å². The highest BCUT2D eigenvalue weighted by Gasteiger charge is 2.09. The Morgan fingerprint density at radius 1 is 1.21 bits per heavy atom. The monoisotopic (exact) mass is 317 g/mol. The van der Waals surface area contributed by atoms with E-state index in [4.69, 9.17) is 10.00 Å². The predicted molar refractivity (Wildman–Crippen MR) is 76.0 cm³/mol. The van der Waals surface area contributed by atoms with Crippen molar-refractivity contribution >= 4 is 15.9 Å². The molecule has 2 aromatic rings. The van der Waals surface area contributed by atoms with Crippen molar-refractivity contribution < 1.29 is 9.84 Å². The van der Waals surface area contributed by atoms with Crippen molar-refractivity contribution in [2.75, 3.05) is 0 Å². The number of ether oxygens (including phenoxy) is 1. The molecule has 0 aliphatic heterocycles. The fraction of sp³-hybridized carbons (Fsp3) is 0.133. The molecule has 0 radical (unpaired) electrons. The lowest BCUT2D eigenvalue weighted by molar-refractivity contribution is 0.199. The Morgan fingerprint density at radius 3 is 2.58 bits per heavy atom. The van der Waals surface area contributed by atoms with E-state index in [1.165, 1.54) is 0 Å². The first-order valence-electron chi connectivity index (χ1n) is 5.76. The summed E-state index contributed by atoms with van der Waals surface area (Å²) in [5.41, 5.74) is 1.28. The Hall–Kier alpha value is -1.83. The molecule has 2 aromatic carbocycles. The van der Waals surface area contributed by atoms with E-state index in [0.29, 0.717) is 17.1 Å². The van der Waals surface area contributed by atoms with Gasteiger partial charge in [-0.25, -0.2) is 0 Å². The first-order valence-corrected chi connectivity index (χ1v) is 6.55. The van der Waals surface area contributed by atoms with Crippen LogP contribution in [0.15, 0.2) is 46.9 Å². The molecule has 19 heavy (non-hydrogen) atoms. The number of halogens is 1. The minimum absolute atomic E-state index is 0.481. The molecule has 1 unspecified atom stereocenters. The van der Waals surface area contributed by atoms with Crippen LogP contribution in [0.2, 0.25) is 0 Å². The van der Waals surface area contributed by atoms with Crippen molar-refractivity contribution in [3.8, 4) is 17.6 Å². The summed E-state index contributed by atoms with van der Waals surface area (Å²) < 4.78 is 6.45. The second-order valence-corrected chi connectivity index (χ2v) is 4.93.